The lowest BCUT2D eigenvalue weighted by Gasteiger charge is -2.24. The van der Waals surface area contributed by atoms with Crippen molar-refractivity contribution < 1.29 is 23.2 Å². The first-order valence-corrected chi connectivity index (χ1v) is 12.1. The van der Waals surface area contributed by atoms with E-state index in [9.17, 15) is 9.59 Å². The first-order valence-electron chi connectivity index (χ1n) is 9.93. The number of thiophene rings is 1. The van der Waals surface area contributed by atoms with E-state index >= 15 is 4.39 Å². The fourth-order valence-electron chi connectivity index (χ4n) is 2.53. The van der Waals surface area contributed by atoms with Crippen LogP contribution in [0.3, 0.4) is 0 Å². The van der Waals surface area contributed by atoms with Crippen molar-refractivity contribution in [2.45, 2.75) is 32.2 Å². The third kappa shape index (κ3) is 7.44. The van der Waals surface area contributed by atoms with Crippen LogP contribution in [0, 0.1) is 0 Å². The third-order valence-electron chi connectivity index (χ3n) is 4.08. The highest BCUT2D eigenvalue weighted by atomic mass is 32.1. The van der Waals surface area contributed by atoms with E-state index < -0.39 is 32.1 Å². The maximum atomic E-state index is 15.5. The van der Waals surface area contributed by atoms with Crippen molar-refractivity contribution in [2.24, 2.45) is 11.5 Å². The van der Waals surface area contributed by atoms with Crippen LogP contribution in [0.25, 0.3) is 10.1 Å². The molecule has 0 bridgehead atoms. The number of benzene rings is 1. The quantitative estimate of drug-likeness (QED) is 0.175. The molecule has 0 radical (unpaired) electrons. The lowest BCUT2D eigenvalue weighted by molar-refractivity contribution is -0.145. The molecule has 2 unspecified atom stereocenters. The average molecular weight is 480 g/mol. The van der Waals surface area contributed by atoms with Gasteiger partial charge in [0.15, 0.2) is 5.91 Å². The minimum atomic E-state index is -1.94. The number of alkyl halides is 1. The van der Waals surface area contributed by atoms with Gasteiger partial charge in [-0.25, -0.2) is 9.48 Å². The van der Waals surface area contributed by atoms with Gasteiger partial charge >= 0.3 is 5.97 Å². The zero-order chi connectivity index (χ0) is 23.5. The molecule has 7 nitrogen and oxygen atoms in total. The summed E-state index contributed by atoms with van der Waals surface area (Å²) in [5, 5.41) is 3.62. The minimum absolute atomic E-state index is 0.291. The Morgan fingerprint density at radius 3 is 2.69 bits per heavy atom. The fourth-order valence-corrected chi connectivity index (χ4v) is 4.84. The van der Waals surface area contributed by atoms with Crippen molar-refractivity contribution in [2.75, 3.05) is 6.61 Å². The normalized spacial score (nSPS) is 14.8. The largest absolute Gasteiger partial charge is 0.465 e. The van der Waals surface area contributed by atoms with E-state index in [0.717, 1.165) is 4.70 Å². The van der Waals surface area contributed by atoms with Crippen molar-refractivity contribution in [1.82, 2.24) is 5.09 Å². The molecule has 0 saturated heterocycles. The van der Waals surface area contributed by atoms with Gasteiger partial charge in [0.05, 0.1) is 17.7 Å². The number of amides is 1. The number of rotatable bonds is 12. The second kappa shape index (κ2) is 13.0. The highest BCUT2D eigenvalue weighted by Crippen LogP contribution is 2.51. The van der Waals surface area contributed by atoms with E-state index in [4.69, 9.17) is 20.7 Å². The number of allylic oxidation sites excluding steroid dienone is 4. The molecule has 0 fully saturated rings. The maximum Gasteiger partial charge on any atom is 0.323 e. The number of nitrogens with one attached hydrogen (secondary N) is 1. The van der Waals surface area contributed by atoms with Crippen molar-refractivity contribution >= 4 is 41.6 Å². The van der Waals surface area contributed by atoms with E-state index in [2.05, 4.69) is 5.09 Å². The number of ether oxygens (including phenoxy) is 1. The first-order chi connectivity index (χ1) is 15.4. The molecular weight excluding hydrogens is 452 g/mol. The van der Waals surface area contributed by atoms with Gasteiger partial charge in [0.2, 0.25) is 8.30 Å². The van der Waals surface area contributed by atoms with Crippen molar-refractivity contribution in [1.29, 1.82) is 0 Å². The average Bonchev–Trinajstić information content (AvgIpc) is 3.22. The Bertz CT molecular complexity index is 1010. The molecule has 32 heavy (non-hydrogen) atoms. The molecule has 0 spiro atoms. The van der Waals surface area contributed by atoms with Crippen LogP contribution in [0.15, 0.2) is 61.0 Å². The van der Waals surface area contributed by atoms with E-state index in [1.165, 1.54) is 23.8 Å². The molecule has 3 atom stereocenters. The molecule has 1 heterocycles. The lowest BCUT2D eigenvalue weighted by atomic mass is 10.2. The smallest absolute Gasteiger partial charge is 0.323 e. The van der Waals surface area contributed by atoms with Crippen molar-refractivity contribution in [3.63, 3.8) is 0 Å². The van der Waals surface area contributed by atoms with E-state index in [1.54, 1.807) is 55.5 Å². The molecule has 1 amide bonds. The van der Waals surface area contributed by atoms with Gasteiger partial charge in [-0.2, -0.15) is 0 Å². The number of hydrogen-bond acceptors (Lipinski definition) is 7. The minimum Gasteiger partial charge on any atom is -0.465 e. The number of fused-ring (bicyclic) bond motifs is 1. The Morgan fingerprint density at radius 2 is 2.00 bits per heavy atom. The van der Waals surface area contributed by atoms with Crippen LogP contribution in [0.5, 0.6) is 0 Å². The summed E-state index contributed by atoms with van der Waals surface area (Å²) >= 11 is 1.25. The topological polar surface area (TPSA) is 117 Å². The summed E-state index contributed by atoms with van der Waals surface area (Å²) in [6.45, 7) is 3.78. The van der Waals surface area contributed by atoms with Crippen molar-refractivity contribution in [3.05, 3.63) is 71.5 Å². The van der Waals surface area contributed by atoms with E-state index in [-0.39, 0.29) is 0 Å². The molecule has 172 valence electrons. The van der Waals surface area contributed by atoms with Gasteiger partial charge in [-0.1, -0.05) is 25.1 Å². The zero-order valence-electron chi connectivity index (χ0n) is 17.9. The molecule has 0 aliphatic heterocycles. The Hall–Kier alpha value is -2.74. The van der Waals surface area contributed by atoms with Gasteiger partial charge in [0.25, 0.3) is 5.91 Å². The summed E-state index contributed by atoms with van der Waals surface area (Å²) in [6, 6.07) is 5.89. The number of carbonyl (C=O) groups is 2. The van der Waals surface area contributed by atoms with Gasteiger partial charge in [-0.3, -0.25) is 9.59 Å². The van der Waals surface area contributed by atoms with Crippen LogP contribution >= 0.6 is 19.6 Å². The van der Waals surface area contributed by atoms with Crippen LogP contribution in [-0.2, 0) is 14.1 Å². The summed E-state index contributed by atoms with van der Waals surface area (Å²) < 4.78 is 27.1. The molecular formula is C22H27FN3O4PS. The number of nitrogens with two attached hydrogens (primary N) is 2. The number of carbonyl (C=O) groups excluding carboxylic acids is 2. The highest BCUT2D eigenvalue weighted by molar-refractivity contribution is 7.50. The van der Waals surface area contributed by atoms with Gasteiger partial charge in [0.1, 0.15) is 6.04 Å². The van der Waals surface area contributed by atoms with Gasteiger partial charge in [-0.15, -0.1) is 11.3 Å². The van der Waals surface area contributed by atoms with Crippen LogP contribution < -0.4 is 16.6 Å². The molecule has 0 saturated carbocycles. The number of primary amides is 1. The summed E-state index contributed by atoms with van der Waals surface area (Å²) in [5.74, 6) is -2.56. The first kappa shape index (κ1) is 25.5. The molecule has 1 aromatic heterocycles. The lowest BCUT2D eigenvalue weighted by Crippen LogP contribution is -2.33. The molecule has 2 aromatic rings. The predicted molar refractivity (Wildman–Crippen MR) is 128 cm³/mol. The molecule has 2 rings (SSSR count). The molecule has 1 aromatic carbocycles. The van der Waals surface area contributed by atoms with Crippen LogP contribution in [0.2, 0.25) is 0 Å². The predicted octanol–water partition coefficient (Wildman–Crippen LogP) is 4.77. The van der Waals surface area contributed by atoms with Gasteiger partial charge < -0.3 is 20.7 Å². The molecule has 0 aliphatic carbocycles. The standard InChI is InChI=1S/C22H27FN3O4PS/c1-3-11-29-22(28)15(2)26-31(30-12-7-5-4-6-10-24)20(23)16-8-9-18-17(13-16)14-19(32-18)21(25)27/h4-10,12-15,20,26H,3,11,24H2,1-2H3,(H2,25,27)/b5-4-,10-6-,12-7+/t15-,20?,31?/m0/s1. The van der Waals surface area contributed by atoms with Crippen LogP contribution in [0.4, 0.5) is 4.39 Å². The second-order valence-corrected chi connectivity index (χ2v) is 9.31. The summed E-state index contributed by atoms with van der Waals surface area (Å²) in [6.07, 6.45) is 10.0. The van der Waals surface area contributed by atoms with E-state index in [1.807, 2.05) is 6.92 Å². The maximum absolute atomic E-state index is 15.5. The summed E-state index contributed by atoms with van der Waals surface area (Å²) in [7, 11) is -1.94. The van der Waals surface area contributed by atoms with Crippen LogP contribution in [-0.4, -0.2) is 24.5 Å². The Balaban J connectivity index is 2.22. The second-order valence-electron chi connectivity index (χ2n) is 6.66. The summed E-state index contributed by atoms with van der Waals surface area (Å²) in [4.78, 5) is 24.0. The highest BCUT2D eigenvalue weighted by Gasteiger charge is 2.29. The Morgan fingerprint density at radius 1 is 1.25 bits per heavy atom. The number of halogens is 1. The van der Waals surface area contributed by atoms with Gasteiger partial charge in [-0.05, 0) is 60.8 Å². The number of hydrogen-bond donors (Lipinski definition) is 3. The van der Waals surface area contributed by atoms with Gasteiger partial charge in [0, 0.05) is 4.70 Å². The van der Waals surface area contributed by atoms with Crippen LogP contribution in [0.1, 0.15) is 41.4 Å². The van der Waals surface area contributed by atoms with Crippen molar-refractivity contribution in [3.8, 4) is 0 Å². The monoisotopic (exact) mass is 479 g/mol. The number of esters is 1. The Labute approximate surface area is 191 Å². The third-order valence-corrected chi connectivity index (χ3v) is 6.92. The molecule has 5 N–H and O–H groups in total. The SMILES string of the molecule is CCCOC(=O)[C@H](C)NP(O/C=C/C=C\C=C/N)C(F)c1ccc2sc(C(N)=O)cc2c1. The zero-order valence-corrected chi connectivity index (χ0v) is 19.6. The molecule has 10 heteroatoms. The van der Waals surface area contributed by atoms with E-state index in [0.29, 0.717) is 28.9 Å². The Kier molecular flexibility index (Phi) is 10.3. The fraction of sp³-hybridized carbons (Fsp3) is 0.273. The summed E-state index contributed by atoms with van der Waals surface area (Å²) in [5.41, 5.74) is 11.0. The molecule has 0 aliphatic rings.